The third kappa shape index (κ3) is 4.02. The SMILES string of the molecule is CCC1CCCCN1c1nc(C)cc(N2CCN(c3ccccc3)CC2)n1. The number of benzene rings is 1. The highest BCUT2D eigenvalue weighted by Gasteiger charge is 2.25. The van der Waals surface area contributed by atoms with Gasteiger partial charge in [-0.25, -0.2) is 4.98 Å². The molecule has 1 aromatic carbocycles. The van der Waals surface area contributed by atoms with Gasteiger partial charge < -0.3 is 14.7 Å². The summed E-state index contributed by atoms with van der Waals surface area (Å²) in [4.78, 5) is 17.1. The molecule has 1 atom stereocenters. The first-order valence-corrected chi connectivity index (χ1v) is 10.4. The van der Waals surface area contributed by atoms with Crippen LogP contribution in [0.2, 0.25) is 0 Å². The second-order valence-electron chi connectivity index (χ2n) is 7.73. The molecular weight excluding hydrogens is 334 g/mol. The van der Waals surface area contributed by atoms with Gasteiger partial charge in [0.05, 0.1) is 0 Å². The molecule has 0 saturated carbocycles. The van der Waals surface area contributed by atoms with Gasteiger partial charge >= 0.3 is 0 Å². The number of aromatic nitrogens is 2. The lowest BCUT2D eigenvalue weighted by Gasteiger charge is -2.38. The summed E-state index contributed by atoms with van der Waals surface area (Å²) in [5.74, 6) is 2.02. The Morgan fingerprint density at radius 1 is 0.926 bits per heavy atom. The van der Waals surface area contributed by atoms with E-state index in [-0.39, 0.29) is 0 Å². The molecule has 0 bridgehead atoms. The van der Waals surface area contributed by atoms with Crippen molar-refractivity contribution in [3.8, 4) is 0 Å². The van der Waals surface area contributed by atoms with Crippen LogP contribution in [0.15, 0.2) is 36.4 Å². The first kappa shape index (κ1) is 18.1. The summed E-state index contributed by atoms with van der Waals surface area (Å²) >= 11 is 0. The molecule has 27 heavy (non-hydrogen) atoms. The average Bonchev–Trinajstić information content (AvgIpc) is 2.74. The summed E-state index contributed by atoms with van der Waals surface area (Å²) in [6, 6.07) is 13.4. The normalized spacial score (nSPS) is 20.8. The van der Waals surface area contributed by atoms with E-state index in [9.17, 15) is 0 Å². The summed E-state index contributed by atoms with van der Waals surface area (Å²) in [6.07, 6.45) is 5.01. The van der Waals surface area contributed by atoms with Crippen molar-refractivity contribution in [2.75, 3.05) is 47.4 Å². The van der Waals surface area contributed by atoms with Crippen molar-refractivity contribution >= 4 is 17.5 Å². The monoisotopic (exact) mass is 365 g/mol. The third-order valence-corrected chi connectivity index (χ3v) is 5.91. The van der Waals surface area contributed by atoms with Crippen molar-refractivity contribution in [2.45, 2.75) is 45.6 Å². The molecule has 1 unspecified atom stereocenters. The predicted molar refractivity (Wildman–Crippen MR) is 113 cm³/mol. The van der Waals surface area contributed by atoms with Crippen LogP contribution in [-0.4, -0.2) is 48.7 Å². The largest absolute Gasteiger partial charge is 0.368 e. The van der Waals surface area contributed by atoms with E-state index in [1.807, 2.05) is 0 Å². The molecule has 4 rings (SSSR count). The summed E-state index contributed by atoms with van der Waals surface area (Å²) in [6.45, 7) is 9.53. The first-order valence-electron chi connectivity index (χ1n) is 10.4. The summed E-state index contributed by atoms with van der Waals surface area (Å²) in [7, 11) is 0. The molecule has 1 aromatic heterocycles. The number of hydrogen-bond donors (Lipinski definition) is 0. The lowest BCUT2D eigenvalue weighted by molar-refractivity contribution is 0.443. The Labute approximate surface area is 163 Å². The first-order chi connectivity index (χ1) is 13.2. The van der Waals surface area contributed by atoms with E-state index in [4.69, 9.17) is 9.97 Å². The molecule has 5 heteroatoms. The minimum Gasteiger partial charge on any atom is -0.368 e. The van der Waals surface area contributed by atoms with Crippen LogP contribution >= 0.6 is 0 Å². The van der Waals surface area contributed by atoms with Gasteiger partial charge in [0.1, 0.15) is 5.82 Å². The number of rotatable bonds is 4. The molecule has 2 aromatic rings. The van der Waals surface area contributed by atoms with E-state index in [1.54, 1.807) is 0 Å². The van der Waals surface area contributed by atoms with Crippen LogP contribution in [0.25, 0.3) is 0 Å². The smallest absolute Gasteiger partial charge is 0.227 e. The third-order valence-electron chi connectivity index (χ3n) is 5.91. The van der Waals surface area contributed by atoms with Crippen molar-refractivity contribution in [1.82, 2.24) is 9.97 Å². The van der Waals surface area contributed by atoms with E-state index in [2.05, 4.69) is 64.9 Å². The van der Waals surface area contributed by atoms with Gasteiger partial charge in [-0.15, -0.1) is 0 Å². The quantitative estimate of drug-likeness (QED) is 0.822. The molecule has 0 spiro atoms. The number of piperidine rings is 1. The zero-order chi connectivity index (χ0) is 18.6. The van der Waals surface area contributed by atoms with E-state index in [0.29, 0.717) is 6.04 Å². The topological polar surface area (TPSA) is 35.5 Å². The Bertz CT molecular complexity index is 740. The molecule has 0 amide bonds. The van der Waals surface area contributed by atoms with E-state index >= 15 is 0 Å². The molecule has 0 N–H and O–H groups in total. The van der Waals surface area contributed by atoms with Gasteiger partial charge in [-0.05, 0) is 44.7 Å². The minimum atomic E-state index is 0.586. The Hall–Kier alpha value is -2.30. The van der Waals surface area contributed by atoms with Crippen LogP contribution in [0.1, 0.15) is 38.3 Å². The van der Waals surface area contributed by atoms with Gasteiger partial charge in [0, 0.05) is 56.2 Å². The van der Waals surface area contributed by atoms with Crippen LogP contribution in [-0.2, 0) is 0 Å². The molecule has 144 valence electrons. The molecule has 5 nitrogen and oxygen atoms in total. The molecule has 2 aliphatic rings. The molecule has 2 saturated heterocycles. The van der Waals surface area contributed by atoms with Crippen LogP contribution in [0.3, 0.4) is 0 Å². The Morgan fingerprint density at radius 3 is 2.41 bits per heavy atom. The van der Waals surface area contributed by atoms with Crippen LogP contribution in [0, 0.1) is 6.92 Å². The number of anilines is 3. The van der Waals surface area contributed by atoms with Crippen molar-refractivity contribution < 1.29 is 0 Å². The van der Waals surface area contributed by atoms with Crippen LogP contribution in [0.4, 0.5) is 17.5 Å². The number of nitrogens with zero attached hydrogens (tertiary/aromatic N) is 5. The van der Waals surface area contributed by atoms with E-state index in [1.165, 1.54) is 31.4 Å². The molecule has 0 radical (unpaired) electrons. The fourth-order valence-electron chi connectivity index (χ4n) is 4.35. The zero-order valence-electron chi connectivity index (χ0n) is 16.6. The molecule has 2 fully saturated rings. The van der Waals surface area contributed by atoms with Crippen molar-refractivity contribution in [2.24, 2.45) is 0 Å². The van der Waals surface area contributed by atoms with Gasteiger partial charge in [0.25, 0.3) is 0 Å². The standard InChI is InChI=1S/C22H31N5/c1-3-19-9-7-8-12-27(19)22-23-18(2)17-21(24-22)26-15-13-25(14-16-26)20-10-5-4-6-11-20/h4-6,10-11,17,19H,3,7-9,12-16H2,1-2H3. The van der Waals surface area contributed by atoms with E-state index in [0.717, 1.165) is 50.2 Å². The number of para-hydroxylation sites is 1. The maximum absolute atomic E-state index is 5.00. The van der Waals surface area contributed by atoms with Crippen molar-refractivity contribution in [1.29, 1.82) is 0 Å². The lowest BCUT2D eigenvalue weighted by atomic mass is 10.0. The summed E-state index contributed by atoms with van der Waals surface area (Å²) < 4.78 is 0. The maximum Gasteiger partial charge on any atom is 0.227 e. The fourth-order valence-corrected chi connectivity index (χ4v) is 4.35. The number of hydrogen-bond acceptors (Lipinski definition) is 5. The second-order valence-corrected chi connectivity index (χ2v) is 7.73. The van der Waals surface area contributed by atoms with Crippen molar-refractivity contribution in [3.05, 3.63) is 42.1 Å². The molecule has 3 heterocycles. The fraction of sp³-hybridized carbons (Fsp3) is 0.545. The summed E-state index contributed by atoms with van der Waals surface area (Å²) in [5, 5.41) is 0. The van der Waals surface area contributed by atoms with Crippen LogP contribution < -0.4 is 14.7 Å². The average molecular weight is 366 g/mol. The molecular formula is C22H31N5. The van der Waals surface area contributed by atoms with Crippen LogP contribution in [0.5, 0.6) is 0 Å². The van der Waals surface area contributed by atoms with Crippen molar-refractivity contribution in [3.63, 3.8) is 0 Å². The highest BCUT2D eigenvalue weighted by molar-refractivity contribution is 5.51. The van der Waals surface area contributed by atoms with Gasteiger partial charge in [-0.1, -0.05) is 25.1 Å². The summed E-state index contributed by atoms with van der Waals surface area (Å²) in [5.41, 5.74) is 2.39. The number of aryl methyl sites for hydroxylation is 1. The van der Waals surface area contributed by atoms with E-state index < -0.39 is 0 Å². The minimum absolute atomic E-state index is 0.586. The highest BCUT2D eigenvalue weighted by Crippen LogP contribution is 2.27. The Morgan fingerprint density at radius 2 is 1.67 bits per heavy atom. The number of piperazine rings is 1. The lowest BCUT2D eigenvalue weighted by Crippen LogP contribution is -2.47. The predicted octanol–water partition coefficient (Wildman–Crippen LogP) is 3.88. The highest BCUT2D eigenvalue weighted by atomic mass is 15.3. The second kappa shape index (κ2) is 8.15. The maximum atomic E-state index is 5.00. The zero-order valence-corrected chi connectivity index (χ0v) is 16.6. The van der Waals surface area contributed by atoms with Gasteiger partial charge in [-0.3, -0.25) is 0 Å². The van der Waals surface area contributed by atoms with Gasteiger partial charge in [0.2, 0.25) is 5.95 Å². The van der Waals surface area contributed by atoms with Gasteiger partial charge in [0.15, 0.2) is 0 Å². The molecule has 0 aliphatic carbocycles. The van der Waals surface area contributed by atoms with Gasteiger partial charge in [-0.2, -0.15) is 4.98 Å². The Kier molecular flexibility index (Phi) is 5.46. The molecule has 2 aliphatic heterocycles. The Balaban J connectivity index is 1.49.